The number of rotatable bonds is 3. The summed E-state index contributed by atoms with van der Waals surface area (Å²) >= 11 is 0. The summed E-state index contributed by atoms with van der Waals surface area (Å²) in [6, 6.07) is 12.1. The monoisotopic (exact) mass is 552 g/mol. The molecule has 39 heavy (non-hydrogen) atoms. The van der Waals surface area contributed by atoms with E-state index in [4.69, 9.17) is 0 Å². The normalized spacial score (nSPS) is 15.3. The lowest BCUT2D eigenvalue weighted by Crippen LogP contribution is -2.21. The number of para-hydroxylation sites is 1. The predicted molar refractivity (Wildman–Crippen MR) is 154 cm³/mol. The Morgan fingerprint density at radius 3 is 1.26 bits per heavy atom. The van der Waals surface area contributed by atoms with Crippen LogP contribution in [0, 0.1) is 0 Å². The molecule has 0 aliphatic carbocycles. The molecular formula is C27H43BF4N7-. The molecule has 0 radical (unpaired) electrons. The number of fused-ring (bicyclic) bond motifs is 1. The molecule has 0 amide bonds. The van der Waals surface area contributed by atoms with Crippen molar-refractivity contribution >= 4 is 18.2 Å². The Morgan fingerprint density at radius 1 is 0.615 bits per heavy atom. The van der Waals surface area contributed by atoms with E-state index in [0.717, 1.165) is 45.2 Å². The Morgan fingerprint density at radius 2 is 0.974 bits per heavy atom. The van der Waals surface area contributed by atoms with E-state index in [9.17, 15) is 17.3 Å². The summed E-state index contributed by atoms with van der Waals surface area (Å²) in [6.45, 7) is 13.0. The second-order valence-electron chi connectivity index (χ2n) is 9.00. The van der Waals surface area contributed by atoms with Gasteiger partial charge < -0.3 is 46.7 Å². The summed E-state index contributed by atoms with van der Waals surface area (Å²) in [6.07, 6.45) is 14.4. The zero-order valence-corrected chi connectivity index (χ0v) is 24.0. The van der Waals surface area contributed by atoms with Crippen LogP contribution in [0.5, 0.6) is 0 Å². The zero-order valence-electron chi connectivity index (χ0n) is 24.0. The van der Waals surface area contributed by atoms with E-state index in [1.807, 2.05) is 30.5 Å². The molecule has 1 aromatic heterocycles. The van der Waals surface area contributed by atoms with Crippen molar-refractivity contribution in [1.29, 1.82) is 0 Å². The molecule has 4 heterocycles. The zero-order chi connectivity index (χ0) is 29.3. The Hall–Kier alpha value is -3.57. The lowest BCUT2D eigenvalue weighted by molar-refractivity contribution is 0.308. The molecule has 0 bridgehead atoms. The predicted octanol–water partition coefficient (Wildman–Crippen LogP) is 5.58. The van der Waals surface area contributed by atoms with Crippen LogP contribution < -0.4 is 0 Å². The van der Waals surface area contributed by atoms with Crippen LogP contribution in [0.1, 0.15) is 20.8 Å². The molecule has 0 spiro atoms. The number of nitrogens with zero attached hydrogens (tertiary/aromatic N) is 7. The van der Waals surface area contributed by atoms with Gasteiger partial charge in [0.05, 0.1) is 25.5 Å². The molecule has 2 aromatic rings. The molecule has 3 aliphatic heterocycles. The molecular weight excluding hydrogens is 509 g/mol. The largest absolute Gasteiger partial charge is 0.673 e. The van der Waals surface area contributed by atoms with Gasteiger partial charge in [0.2, 0.25) is 0 Å². The van der Waals surface area contributed by atoms with Gasteiger partial charge in [0, 0.05) is 89.6 Å². The first kappa shape index (κ1) is 33.5. The molecule has 12 heteroatoms. The topological polar surface area (TPSA) is 32.3 Å². The fourth-order valence-electron chi connectivity index (χ4n) is 3.40. The third-order valence-electron chi connectivity index (χ3n) is 5.54. The molecule has 0 atom stereocenters. The van der Waals surface area contributed by atoms with Crippen LogP contribution in [0.2, 0.25) is 0 Å². The van der Waals surface area contributed by atoms with Crippen LogP contribution in [0.15, 0.2) is 79.8 Å². The fraction of sp³-hybridized carbons (Fsp3) is 0.444. The van der Waals surface area contributed by atoms with Crippen molar-refractivity contribution in [2.45, 2.75) is 20.8 Å². The summed E-state index contributed by atoms with van der Waals surface area (Å²) in [5.41, 5.74) is 1.06. The van der Waals surface area contributed by atoms with Crippen LogP contribution in [0.4, 0.5) is 17.3 Å². The Bertz CT molecular complexity index is 886. The van der Waals surface area contributed by atoms with Crippen LogP contribution in [0.25, 0.3) is 10.9 Å². The first-order chi connectivity index (χ1) is 18.4. The maximum atomic E-state index is 9.75. The van der Waals surface area contributed by atoms with Crippen molar-refractivity contribution < 1.29 is 17.3 Å². The molecule has 0 fully saturated rings. The number of halogens is 4. The van der Waals surface area contributed by atoms with E-state index in [1.54, 1.807) is 0 Å². The van der Waals surface area contributed by atoms with Gasteiger partial charge in [-0.3, -0.25) is 4.98 Å². The number of benzene rings is 1. The van der Waals surface area contributed by atoms with Gasteiger partial charge in [-0.25, -0.2) is 0 Å². The summed E-state index contributed by atoms with van der Waals surface area (Å²) in [7, 11) is 0.227. The highest BCUT2D eigenvalue weighted by Gasteiger charge is 2.20. The molecule has 5 rings (SSSR count). The summed E-state index contributed by atoms with van der Waals surface area (Å²) in [4.78, 5) is 17.4. The average molecular weight is 552 g/mol. The Kier molecular flexibility index (Phi) is 15.3. The molecule has 218 valence electrons. The second kappa shape index (κ2) is 17.9. The summed E-state index contributed by atoms with van der Waals surface area (Å²) in [5.74, 6) is 0. The van der Waals surface area contributed by atoms with Crippen LogP contribution in [-0.4, -0.2) is 102 Å². The van der Waals surface area contributed by atoms with Crippen molar-refractivity contribution in [3.8, 4) is 0 Å². The lowest BCUT2D eigenvalue weighted by Gasteiger charge is -2.14. The van der Waals surface area contributed by atoms with Gasteiger partial charge in [-0.05, 0) is 32.9 Å². The minimum Gasteiger partial charge on any atom is -0.418 e. The highest BCUT2D eigenvalue weighted by molar-refractivity contribution is 6.50. The Labute approximate surface area is 231 Å². The quantitative estimate of drug-likeness (QED) is 0.363. The standard InChI is InChI=1S/C9H7N.3C6H12N2.BF4/c1-2-6-9-8(4-1)5-3-7-10-9;3*1-3-8-5-4-7(2)6-8;2-1(3,4)5/h1-7H;3*4-5H,3,6H2,1-2H3;/q;;;;-1. The maximum absolute atomic E-state index is 9.75. The second-order valence-corrected chi connectivity index (χ2v) is 9.00. The molecule has 0 N–H and O–H groups in total. The number of pyridine rings is 1. The van der Waals surface area contributed by atoms with Gasteiger partial charge in [-0.15, -0.1) is 0 Å². The number of hydrogen-bond donors (Lipinski definition) is 0. The van der Waals surface area contributed by atoms with Gasteiger partial charge in [0.15, 0.2) is 0 Å². The SMILES string of the molecule is CCN1C=CN(C)C1.CCN1C=CN(C)C1.CCN1C=CN(C)C1.F[B-](F)(F)F.c1ccc2ncccc2c1. The van der Waals surface area contributed by atoms with Crippen molar-refractivity contribution in [2.24, 2.45) is 0 Å². The highest BCUT2D eigenvalue weighted by atomic mass is 19.5. The minimum atomic E-state index is -6.00. The van der Waals surface area contributed by atoms with Gasteiger partial charge in [0.25, 0.3) is 0 Å². The number of hydrogen-bond acceptors (Lipinski definition) is 7. The van der Waals surface area contributed by atoms with Gasteiger partial charge in [-0.2, -0.15) is 0 Å². The van der Waals surface area contributed by atoms with Crippen molar-refractivity contribution in [3.63, 3.8) is 0 Å². The number of aromatic nitrogens is 1. The Balaban J connectivity index is 0.000000248. The van der Waals surface area contributed by atoms with E-state index in [-0.39, 0.29) is 0 Å². The van der Waals surface area contributed by atoms with Crippen molar-refractivity contribution in [1.82, 2.24) is 34.4 Å². The van der Waals surface area contributed by atoms with E-state index >= 15 is 0 Å². The third kappa shape index (κ3) is 16.1. The smallest absolute Gasteiger partial charge is 0.418 e. The summed E-state index contributed by atoms with van der Waals surface area (Å²) in [5, 5.41) is 1.20. The maximum Gasteiger partial charge on any atom is 0.673 e. The van der Waals surface area contributed by atoms with Gasteiger partial charge in [0.1, 0.15) is 0 Å². The fourth-order valence-corrected chi connectivity index (χ4v) is 3.40. The third-order valence-corrected chi connectivity index (χ3v) is 5.54. The summed E-state index contributed by atoms with van der Waals surface area (Å²) < 4.78 is 39.0. The van der Waals surface area contributed by atoms with Crippen LogP contribution >= 0.6 is 0 Å². The van der Waals surface area contributed by atoms with E-state index in [1.165, 1.54) is 5.39 Å². The molecule has 7 nitrogen and oxygen atoms in total. The first-order valence-corrected chi connectivity index (χ1v) is 13.0. The van der Waals surface area contributed by atoms with Gasteiger partial charge >= 0.3 is 7.25 Å². The lowest BCUT2D eigenvalue weighted by atomic mass is 10.2. The van der Waals surface area contributed by atoms with E-state index < -0.39 is 7.25 Å². The highest BCUT2D eigenvalue weighted by Crippen LogP contribution is 2.08. The van der Waals surface area contributed by atoms with Crippen molar-refractivity contribution in [3.05, 3.63) is 79.8 Å². The van der Waals surface area contributed by atoms with E-state index in [2.05, 4.69) is 126 Å². The van der Waals surface area contributed by atoms with Gasteiger partial charge in [-0.1, -0.05) is 24.3 Å². The average Bonchev–Trinajstić information content (AvgIpc) is 3.65. The van der Waals surface area contributed by atoms with Crippen LogP contribution in [-0.2, 0) is 0 Å². The molecule has 0 saturated carbocycles. The van der Waals surface area contributed by atoms with E-state index in [0.29, 0.717) is 0 Å². The molecule has 3 aliphatic rings. The van der Waals surface area contributed by atoms with Crippen LogP contribution in [0.3, 0.4) is 0 Å². The molecule has 1 aromatic carbocycles. The first-order valence-electron chi connectivity index (χ1n) is 13.0. The molecule has 0 unspecified atom stereocenters. The van der Waals surface area contributed by atoms with Crippen molar-refractivity contribution in [2.75, 3.05) is 60.8 Å². The molecule has 0 saturated heterocycles. The minimum absolute atomic E-state index is 1.05.